The van der Waals surface area contributed by atoms with Crippen molar-refractivity contribution in [1.29, 1.82) is 0 Å². The van der Waals surface area contributed by atoms with Gasteiger partial charge in [0.15, 0.2) is 0 Å². The van der Waals surface area contributed by atoms with E-state index in [1.54, 1.807) is 13.2 Å². The topological polar surface area (TPSA) is 111 Å². The largest absolute Gasteiger partial charge is 0.388 e. The predicted octanol–water partition coefficient (Wildman–Crippen LogP) is 0.994. The summed E-state index contributed by atoms with van der Waals surface area (Å²) in [4.78, 5) is 13.0. The fraction of sp³-hybridized carbons (Fsp3) is 0.850. The SMILES string of the molecule is C=C1CC(C(=O)NC(C(C)Cl)[C@H]2O[C@H](SC)[C@H](O)[C@@H](O)[C@H]2O)NCCC1CCC. The van der Waals surface area contributed by atoms with Crippen molar-refractivity contribution in [2.24, 2.45) is 5.92 Å². The number of alkyl halides is 1. The van der Waals surface area contributed by atoms with Gasteiger partial charge in [-0.1, -0.05) is 25.5 Å². The van der Waals surface area contributed by atoms with Crippen LogP contribution in [0, 0.1) is 5.92 Å². The zero-order valence-electron chi connectivity index (χ0n) is 17.4. The van der Waals surface area contributed by atoms with E-state index >= 15 is 0 Å². The second kappa shape index (κ2) is 11.3. The van der Waals surface area contributed by atoms with Crippen LogP contribution in [0.25, 0.3) is 0 Å². The number of ether oxygens (including phenoxy) is 1. The minimum atomic E-state index is -1.38. The Kier molecular flexibility index (Phi) is 9.73. The Balaban J connectivity index is 2.09. The molecule has 2 rings (SSSR count). The lowest BCUT2D eigenvalue weighted by Crippen LogP contribution is -2.65. The number of aliphatic hydroxyl groups excluding tert-OH is 3. The maximum absolute atomic E-state index is 13.0. The van der Waals surface area contributed by atoms with Gasteiger partial charge in [0, 0.05) is 0 Å². The third kappa shape index (κ3) is 6.09. The van der Waals surface area contributed by atoms with Crippen LogP contribution in [0.2, 0.25) is 0 Å². The average molecular weight is 451 g/mol. The summed E-state index contributed by atoms with van der Waals surface area (Å²) in [7, 11) is 0. The summed E-state index contributed by atoms with van der Waals surface area (Å²) in [5.41, 5.74) is 0.348. The Bertz CT molecular complexity index is 565. The van der Waals surface area contributed by atoms with Gasteiger partial charge in [-0.2, -0.15) is 0 Å². The number of hydrogen-bond donors (Lipinski definition) is 5. The van der Waals surface area contributed by atoms with Gasteiger partial charge in [-0.05, 0) is 44.9 Å². The molecule has 0 aliphatic carbocycles. The van der Waals surface area contributed by atoms with Crippen molar-refractivity contribution < 1.29 is 24.9 Å². The molecule has 0 aromatic heterocycles. The van der Waals surface area contributed by atoms with Crippen LogP contribution in [0.3, 0.4) is 0 Å². The molecule has 2 saturated heterocycles. The number of hydrogen-bond acceptors (Lipinski definition) is 7. The number of carbonyl (C=O) groups is 1. The van der Waals surface area contributed by atoms with Crippen LogP contribution in [-0.2, 0) is 9.53 Å². The van der Waals surface area contributed by atoms with Gasteiger partial charge < -0.3 is 30.7 Å². The van der Waals surface area contributed by atoms with E-state index in [1.807, 2.05) is 0 Å². The summed E-state index contributed by atoms with van der Waals surface area (Å²) >= 11 is 7.56. The van der Waals surface area contributed by atoms with Crippen molar-refractivity contribution in [3.63, 3.8) is 0 Å². The minimum absolute atomic E-state index is 0.238. The van der Waals surface area contributed by atoms with Gasteiger partial charge in [0.05, 0.1) is 17.5 Å². The van der Waals surface area contributed by atoms with Crippen LogP contribution in [0.15, 0.2) is 12.2 Å². The van der Waals surface area contributed by atoms with Crippen molar-refractivity contribution >= 4 is 29.3 Å². The first-order chi connectivity index (χ1) is 13.7. The van der Waals surface area contributed by atoms with Crippen LogP contribution in [0.4, 0.5) is 0 Å². The highest BCUT2D eigenvalue weighted by molar-refractivity contribution is 7.99. The zero-order valence-corrected chi connectivity index (χ0v) is 19.0. The second-order valence-electron chi connectivity index (χ2n) is 8.03. The lowest BCUT2D eigenvalue weighted by atomic mass is 9.89. The van der Waals surface area contributed by atoms with Gasteiger partial charge >= 0.3 is 0 Å². The monoisotopic (exact) mass is 450 g/mol. The molecule has 168 valence electrons. The van der Waals surface area contributed by atoms with E-state index < -0.39 is 47.3 Å². The maximum atomic E-state index is 13.0. The molecule has 2 fully saturated rings. The summed E-state index contributed by atoms with van der Waals surface area (Å²) in [6.45, 7) is 8.76. The third-order valence-corrected chi connectivity index (χ3v) is 7.00. The molecule has 0 aromatic carbocycles. The van der Waals surface area contributed by atoms with E-state index in [1.165, 1.54) is 11.8 Å². The minimum Gasteiger partial charge on any atom is -0.388 e. The summed E-state index contributed by atoms with van der Waals surface area (Å²) in [6, 6.07) is -1.17. The molecule has 2 aliphatic rings. The van der Waals surface area contributed by atoms with Crippen LogP contribution >= 0.6 is 23.4 Å². The van der Waals surface area contributed by atoms with Crippen molar-refractivity contribution in [1.82, 2.24) is 10.6 Å². The van der Waals surface area contributed by atoms with Crippen molar-refractivity contribution in [2.45, 2.75) is 86.8 Å². The lowest BCUT2D eigenvalue weighted by Gasteiger charge is -2.44. The van der Waals surface area contributed by atoms with Gasteiger partial charge in [0.2, 0.25) is 5.91 Å². The van der Waals surface area contributed by atoms with Crippen molar-refractivity contribution in [3.05, 3.63) is 12.2 Å². The summed E-state index contributed by atoms with van der Waals surface area (Å²) < 4.78 is 5.80. The highest BCUT2D eigenvalue weighted by Gasteiger charge is 2.48. The van der Waals surface area contributed by atoms with E-state index in [-0.39, 0.29) is 5.91 Å². The number of carbonyl (C=O) groups excluding carboxylic acids is 1. The number of thioether (sulfide) groups is 1. The molecule has 0 bridgehead atoms. The van der Waals surface area contributed by atoms with Gasteiger partial charge in [0.1, 0.15) is 29.9 Å². The van der Waals surface area contributed by atoms with E-state index in [0.717, 1.165) is 31.4 Å². The molecule has 9 atom stereocenters. The number of halogens is 1. The highest BCUT2D eigenvalue weighted by Crippen LogP contribution is 2.31. The van der Waals surface area contributed by atoms with Crippen LogP contribution in [0.1, 0.15) is 39.5 Å². The average Bonchev–Trinajstić information content (AvgIpc) is 2.87. The maximum Gasteiger partial charge on any atom is 0.237 e. The summed E-state index contributed by atoms with van der Waals surface area (Å²) in [5, 5.41) is 36.4. The van der Waals surface area contributed by atoms with Crippen molar-refractivity contribution in [2.75, 3.05) is 12.8 Å². The fourth-order valence-electron chi connectivity index (χ4n) is 4.11. The Hall–Kier alpha value is -0.350. The molecule has 0 aromatic rings. The summed E-state index contributed by atoms with van der Waals surface area (Å²) in [5.74, 6) is 0.174. The molecular weight excluding hydrogens is 416 g/mol. The number of aliphatic hydroxyl groups is 3. The molecule has 1 amide bonds. The van der Waals surface area contributed by atoms with Crippen LogP contribution in [0.5, 0.6) is 0 Å². The normalized spacial score (nSPS) is 38.2. The van der Waals surface area contributed by atoms with E-state index in [9.17, 15) is 20.1 Å². The Morgan fingerprint density at radius 2 is 2.07 bits per heavy atom. The fourth-order valence-corrected chi connectivity index (χ4v) is 4.99. The van der Waals surface area contributed by atoms with Gasteiger partial charge in [-0.15, -0.1) is 23.4 Å². The van der Waals surface area contributed by atoms with Gasteiger partial charge in [-0.3, -0.25) is 4.79 Å². The van der Waals surface area contributed by atoms with Crippen molar-refractivity contribution in [3.8, 4) is 0 Å². The summed E-state index contributed by atoms with van der Waals surface area (Å²) in [6.07, 6.45) is 0.462. The Labute approximate surface area is 182 Å². The molecule has 2 heterocycles. The van der Waals surface area contributed by atoms with Gasteiger partial charge in [0.25, 0.3) is 0 Å². The predicted molar refractivity (Wildman–Crippen MR) is 116 cm³/mol. The smallest absolute Gasteiger partial charge is 0.237 e. The Morgan fingerprint density at radius 3 is 2.66 bits per heavy atom. The number of rotatable bonds is 7. The molecule has 7 nitrogen and oxygen atoms in total. The number of nitrogens with one attached hydrogen (secondary N) is 2. The molecule has 0 radical (unpaired) electrons. The van der Waals surface area contributed by atoms with E-state index in [2.05, 4.69) is 24.1 Å². The molecular formula is C20H35ClN2O5S. The lowest BCUT2D eigenvalue weighted by molar-refractivity contribution is -0.205. The second-order valence-corrected chi connectivity index (χ2v) is 9.66. The van der Waals surface area contributed by atoms with Crippen LogP contribution in [-0.4, -0.2) is 81.3 Å². The zero-order chi connectivity index (χ0) is 21.7. The standard InChI is InChI=1S/C20H35ClN2O5S/c1-5-6-12-7-8-22-13(9-10(12)2)19(27)23-14(11(3)21)18-16(25)15(24)17(26)20(28-18)29-4/h11-18,20,22,24-26H,2,5-9H2,1,3-4H3,(H,23,27)/t11?,12?,13?,14?,15-,16+,17+,18+,20+/m0/s1. The molecule has 29 heavy (non-hydrogen) atoms. The molecule has 0 spiro atoms. The molecule has 4 unspecified atom stereocenters. The highest BCUT2D eigenvalue weighted by atomic mass is 35.5. The molecule has 5 N–H and O–H groups in total. The van der Waals surface area contributed by atoms with E-state index in [4.69, 9.17) is 16.3 Å². The first-order valence-corrected chi connectivity index (χ1v) is 12.0. The van der Waals surface area contributed by atoms with Gasteiger partial charge in [-0.25, -0.2) is 0 Å². The molecule has 0 saturated carbocycles. The van der Waals surface area contributed by atoms with E-state index in [0.29, 0.717) is 12.3 Å². The molecule has 2 aliphatic heterocycles. The Morgan fingerprint density at radius 1 is 1.38 bits per heavy atom. The quantitative estimate of drug-likeness (QED) is 0.290. The first kappa shape index (κ1) is 24.9. The first-order valence-electron chi connectivity index (χ1n) is 10.3. The van der Waals surface area contributed by atoms with Crippen LogP contribution < -0.4 is 10.6 Å². The third-order valence-electron chi connectivity index (χ3n) is 5.88. The molecule has 9 heteroatoms. The number of amides is 1.